The quantitative estimate of drug-likeness (QED) is 0.774. The van der Waals surface area contributed by atoms with Crippen molar-refractivity contribution in [1.82, 2.24) is 9.29 Å². The molecule has 5 nitrogen and oxygen atoms in total. The molecule has 0 unspecified atom stereocenters. The van der Waals surface area contributed by atoms with Gasteiger partial charge in [0.15, 0.2) is 0 Å². The van der Waals surface area contributed by atoms with Crippen molar-refractivity contribution in [2.45, 2.75) is 12.2 Å². The van der Waals surface area contributed by atoms with Crippen LogP contribution in [0.1, 0.15) is 12.0 Å². The largest absolute Gasteiger partial charge is 0.381 e. The van der Waals surface area contributed by atoms with Crippen molar-refractivity contribution >= 4 is 21.6 Å². The van der Waals surface area contributed by atoms with Crippen LogP contribution in [-0.4, -0.2) is 44.5 Å². The SMILES string of the molecule is CN(C[C@H]1CCOC1)S(=O)(=O)Cc1ccc(Cl)nc1. The molecule has 0 aliphatic carbocycles. The van der Waals surface area contributed by atoms with E-state index in [9.17, 15) is 8.42 Å². The molecule has 1 aliphatic heterocycles. The molecule has 0 aromatic carbocycles. The molecule has 1 aliphatic rings. The van der Waals surface area contributed by atoms with Crippen LogP contribution in [0.5, 0.6) is 0 Å². The van der Waals surface area contributed by atoms with Gasteiger partial charge in [-0.1, -0.05) is 17.7 Å². The Kier molecular flexibility index (Phi) is 4.78. The number of sulfonamides is 1. The zero-order chi connectivity index (χ0) is 13.9. The lowest BCUT2D eigenvalue weighted by molar-refractivity contribution is 0.182. The second-order valence-corrected chi connectivity index (χ2v) is 7.22. The second kappa shape index (κ2) is 6.17. The van der Waals surface area contributed by atoms with Crippen molar-refractivity contribution in [3.05, 3.63) is 29.0 Å². The van der Waals surface area contributed by atoms with Gasteiger partial charge in [0, 0.05) is 26.4 Å². The highest BCUT2D eigenvalue weighted by Gasteiger charge is 2.24. The first-order valence-electron chi connectivity index (χ1n) is 6.09. The highest BCUT2D eigenvalue weighted by molar-refractivity contribution is 7.88. The van der Waals surface area contributed by atoms with E-state index < -0.39 is 10.0 Å². The summed E-state index contributed by atoms with van der Waals surface area (Å²) in [6.45, 7) is 1.87. The Morgan fingerprint density at radius 1 is 1.53 bits per heavy atom. The van der Waals surface area contributed by atoms with Gasteiger partial charge in [0.1, 0.15) is 5.15 Å². The Bertz CT molecular complexity index is 512. The number of ether oxygens (including phenoxy) is 1. The van der Waals surface area contributed by atoms with Crippen molar-refractivity contribution in [2.24, 2.45) is 5.92 Å². The molecule has 2 rings (SSSR count). The topological polar surface area (TPSA) is 59.5 Å². The van der Waals surface area contributed by atoms with Crippen molar-refractivity contribution in [3.8, 4) is 0 Å². The summed E-state index contributed by atoms with van der Waals surface area (Å²) in [5.74, 6) is 0.240. The molecule has 7 heteroatoms. The van der Waals surface area contributed by atoms with Crippen LogP contribution in [0.4, 0.5) is 0 Å². The maximum atomic E-state index is 12.2. The number of rotatable bonds is 5. The highest BCUT2D eigenvalue weighted by Crippen LogP contribution is 2.17. The van der Waals surface area contributed by atoms with Crippen molar-refractivity contribution in [1.29, 1.82) is 0 Å². The van der Waals surface area contributed by atoms with Gasteiger partial charge >= 0.3 is 0 Å². The molecule has 0 spiro atoms. The summed E-state index contributed by atoms with van der Waals surface area (Å²) in [5, 5.41) is 0.359. The minimum atomic E-state index is -3.32. The molecule has 1 saturated heterocycles. The predicted molar refractivity (Wildman–Crippen MR) is 73.4 cm³/mol. The van der Waals surface area contributed by atoms with Crippen LogP contribution >= 0.6 is 11.6 Å². The number of hydrogen-bond acceptors (Lipinski definition) is 4. The molecule has 2 heterocycles. The fourth-order valence-electron chi connectivity index (χ4n) is 2.02. The zero-order valence-electron chi connectivity index (χ0n) is 10.8. The van der Waals surface area contributed by atoms with Crippen LogP contribution in [0.2, 0.25) is 5.15 Å². The Hall–Kier alpha value is -0.690. The van der Waals surface area contributed by atoms with Crippen LogP contribution in [0.15, 0.2) is 18.3 Å². The van der Waals surface area contributed by atoms with Gasteiger partial charge in [-0.05, 0) is 24.0 Å². The summed E-state index contributed by atoms with van der Waals surface area (Å²) in [6, 6.07) is 3.27. The average Bonchev–Trinajstić information content (AvgIpc) is 2.84. The number of hydrogen-bond donors (Lipinski definition) is 0. The fraction of sp³-hybridized carbons (Fsp3) is 0.583. The lowest BCUT2D eigenvalue weighted by atomic mass is 10.1. The van der Waals surface area contributed by atoms with Gasteiger partial charge in [-0.2, -0.15) is 0 Å². The molecular weight excluding hydrogens is 288 g/mol. The maximum Gasteiger partial charge on any atom is 0.218 e. The number of nitrogens with zero attached hydrogens (tertiary/aromatic N) is 2. The van der Waals surface area contributed by atoms with Crippen LogP contribution < -0.4 is 0 Å². The maximum absolute atomic E-state index is 12.2. The summed E-state index contributed by atoms with van der Waals surface area (Å²) in [4.78, 5) is 3.89. The van der Waals surface area contributed by atoms with Crippen LogP contribution in [0, 0.1) is 5.92 Å². The van der Waals surface area contributed by atoms with E-state index in [-0.39, 0.29) is 5.75 Å². The van der Waals surface area contributed by atoms with Crippen molar-refractivity contribution < 1.29 is 13.2 Å². The standard InChI is InChI=1S/C12H17ClN2O3S/c1-15(7-11-4-5-18-8-11)19(16,17)9-10-2-3-12(13)14-6-10/h2-3,6,11H,4-5,7-9H2,1H3/t11-/m1/s1. The minimum absolute atomic E-state index is 0.0543. The van der Waals surface area contributed by atoms with Gasteiger partial charge < -0.3 is 4.74 Å². The smallest absolute Gasteiger partial charge is 0.218 e. The summed E-state index contributed by atoms with van der Waals surface area (Å²) < 4.78 is 31.1. The molecule has 106 valence electrons. The van der Waals surface area contributed by atoms with Gasteiger partial charge in [-0.25, -0.2) is 17.7 Å². The molecule has 0 bridgehead atoms. The summed E-state index contributed by atoms with van der Waals surface area (Å²) in [6.07, 6.45) is 2.41. The Morgan fingerprint density at radius 2 is 2.32 bits per heavy atom. The van der Waals surface area contributed by atoms with E-state index in [1.807, 2.05) is 0 Å². The van der Waals surface area contributed by atoms with Gasteiger partial charge in [-0.15, -0.1) is 0 Å². The molecule has 19 heavy (non-hydrogen) atoms. The molecule has 1 atom stereocenters. The summed E-state index contributed by atoms with van der Waals surface area (Å²) in [7, 11) is -1.71. The van der Waals surface area contributed by atoms with E-state index in [0.717, 1.165) is 13.0 Å². The number of pyridine rings is 1. The normalized spacial score (nSPS) is 20.1. The lowest BCUT2D eigenvalue weighted by Crippen LogP contribution is -2.33. The molecule has 1 aromatic rings. The van der Waals surface area contributed by atoms with E-state index in [0.29, 0.717) is 29.8 Å². The van der Waals surface area contributed by atoms with Gasteiger partial charge in [0.25, 0.3) is 0 Å². The van der Waals surface area contributed by atoms with Crippen LogP contribution in [0.3, 0.4) is 0 Å². The molecule has 1 fully saturated rings. The molecular formula is C12H17ClN2O3S. The Balaban J connectivity index is 1.98. The van der Waals surface area contributed by atoms with E-state index in [1.165, 1.54) is 10.5 Å². The van der Waals surface area contributed by atoms with Crippen molar-refractivity contribution in [2.75, 3.05) is 26.8 Å². The molecule has 0 radical (unpaired) electrons. The van der Waals surface area contributed by atoms with Gasteiger partial charge in [0.2, 0.25) is 10.0 Å². The van der Waals surface area contributed by atoms with Gasteiger partial charge in [-0.3, -0.25) is 0 Å². The van der Waals surface area contributed by atoms with E-state index >= 15 is 0 Å². The molecule has 1 aromatic heterocycles. The summed E-state index contributed by atoms with van der Waals surface area (Å²) >= 11 is 5.67. The predicted octanol–water partition coefficient (Wildman–Crippen LogP) is 1.53. The lowest BCUT2D eigenvalue weighted by Gasteiger charge is -2.20. The second-order valence-electron chi connectivity index (χ2n) is 4.76. The van der Waals surface area contributed by atoms with Crippen LogP contribution in [-0.2, 0) is 20.5 Å². The minimum Gasteiger partial charge on any atom is -0.381 e. The van der Waals surface area contributed by atoms with Crippen molar-refractivity contribution in [3.63, 3.8) is 0 Å². The number of aromatic nitrogens is 1. The molecule has 0 saturated carbocycles. The third kappa shape index (κ3) is 4.14. The highest BCUT2D eigenvalue weighted by atomic mass is 35.5. The van der Waals surface area contributed by atoms with E-state index in [1.54, 1.807) is 19.2 Å². The Labute approximate surface area is 118 Å². The first-order valence-corrected chi connectivity index (χ1v) is 8.08. The number of halogens is 1. The molecule has 0 N–H and O–H groups in total. The fourth-order valence-corrected chi connectivity index (χ4v) is 3.38. The zero-order valence-corrected chi connectivity index (χ0v) is 12.3. The summed E-state index contributed by atoms with van der Waals surface area (Å²) in [5.41, 5.74) is 0.638. The molecule has 0 amide bonds. The van der Waals surface area contributed by atoms with Gasteiger partial charge in [0.05, 0.1) is 12.4 Å². The first-order chi connectivity index (χ1) is 8.97. The van der Waals surface area contributed by atoms with Crippen LogP contribution in [0.25, 0.3) is 0 Å². The first kappa shape index (κ1) is 14.7. The monoisotopic (exact) mass is 304 g/mol. The Morgan fingerprint density at radius 3 is 2.89 bits per heavy atom. The van der Waals surface area contributed by atoms with E-state index in [2.05, 4.69) is 4.98 Å². The third-order valence-electron chi connectivity index (χ3n) is 3.15. The average molecular weight is 305 g/mol. The van der Waals surface area contributed by atoms with E-state index in [4.69, 9.17) is 16.3 Å². The third-order valence-corrected chi connectivity index (χ3v) is 5.17.